The molecular formula is C13H25NO2. The van der Waals surface area contributed by atoms with Crippen LogP contribution in [-0.4, -0.2) is 23.7 Å². The van der Waals surface area contributed by atoms with Crippen molar-refractivity contribution in [1.82, 2.24) is 5.32 Å². The monoisotopic (exact) mass is 227 g/mol. The van der Waals surface area contributed by atoms with Gasteiger partial charge in [-0.25, -0.2) is 0 Å². The van der Waals surface area contributed by atoms with E-state index in [1.165, 1.54) is 25.7 Å². The highest BCUT2D eigenvalue weighted by Crippen LogP contribution is 2.27. The third-order valence-electron chi connectivity index (χ3n) is 3.48. The minimum Gasteiger partial charge on any atom is -0.393 e. The van der Waals surface area contributed by atoms with Crippen molar-refractivity contribution in [3.8, 4) is 0 Å². The highest BCUT2D eigenvalue weighted by Gasteiger charge is 2.18. The van der Waals surface area contributed by atoms with Crippen LogP contribution in [-0.2, 0) is 4.79 Å². The van der Waals surface area contributed by atoms with Gasteiger partial charge in [-0.2, -0.15) is 0 Å². The SMILES string of the molecule is CC(C)C(O)CCNC(=O)CC1CCCC1. The summed E-state index contributed by atoms with van der Waals surface area (Å²) < 4.78 is 0. The van der Waals surface area contributed by atoms with Crippen molar-refractivity contribution in [2.75, 3.05) is 6.54 Å². The first-order valence-corrected chi connectivity index (χ1v) is 6.54. The largest absolute Gasteiger partial charge is 0.393 e. The van der Waals surface area contributed by atoms with Gasteiger partial charge in [0.25, 0.3) is 0 Å². The first-order chi connectivity index (χ1) is 7.59. The van der Waals surface area contributed by atoms with Crippen LogP contribution in [0.3, 0.4) is 0 Å². The van der Waals surface area contributed by atoms with Gasteiger partial charge < -0.3 is 10.4 Å². The minimum absolute atomic E-state index is 0.155. The van der Waals surface area contributed by atoms with Gasteiger partial charge in [-0.3, -0.25) is 4.79 Å². The molecule has 1 fully saturated rings. The van der Waals surface area contributed by atoms with E-state index in [9.17, 15) is 9.90 Å². The van der Waals surface area contributed by atoms with Crippen molar-refractivity contribution in [2.45, 2.75) is 58.5 Å². The molecule has 3 heteroatoms. The second-order valence-electron chi connectivity index (χ2n) is 5.30. The highest BCUT2D eigenvalue weighted by molar-refractivity contribution is 5.76. The summed E-state index contributed by atoms with van der Waals surface area (Å²) in [5, 5.41) is 12.5. The van der Waals surface area contributed by atoms with E-state index >= 15 is 0 Å². The van der Waals surface area contributed by atoms with Crippen LogP contribution < -0.4 is 5.32 Å². The Balaban J connectivity index is 2.05. The maximum Gasteiger partial charge on any atom is 0.220 e. The summed E-state index contributed by atoms with van der Waals surface area (Å²) in [4.78, 5) is 11.6. The van der Waals surface area contributed by atoms with Crippen LogP contribution in [0.4, 0.5) is 0 Å². The zero-order valence-corrected chi connectivity index (χ0v) is 10.5. The molecule has 0 aromatic carbocycles. The molecule has 2 N–H and O–H groups in total. The number of carbonyl (C=O) groups excluding carboxylic acids is 1. The van der Waals surface area contributed by atoms with Gasteiger partial charge in [0.2, 0.25) is 5.91 Å². The van der Waals surface area contributed by atoms with Gasteiger partial charge in [0.1, 0.15) is 0 Å². The van der Waals surface area contributed by atoms with Crippen LogP contribution >= 0.6 is 0 Å². The number of carbonyl (C=O) groups is 1. The number of nitrogens with one attached hydrogen (secondary N) is 1. The zero-order chi connectivity index (χ0) is 12.0. The van der Waals surface area contributed by atoms with Crippen LogP contribution in [0.25, 0.3) is 0 Å². The third-order valence-corrected chi connectivity index (χ3v) is 3.48. The van der Waals surface area contributed by atoms with Gasteiger partial charge in [0, 0.05) is 13.0 Å². The third kappa shape index (κ3) is 4.97. The standard InChI is InChI=1S/C13H25NO2/c1-10(2)12(15)7-8-14-13(16)9-11-5-3-4-6-11/h10-12,15H,3-9H2,1-2H3,(H,14,16). The van der Waals surface area contributed by atoms with E-state index in [2.05, 4.69) is 5.32 Å². The van der Waals surface area contributed by atoms with Crippen LogP contribution in [0, 0.1) is 11.8 Å². The molecule has 3 nitrogen and oxygen atoms in total. The summed E-state index contributed by atoms with van der Waals surface area (Å²) in [6, 6.07) is 0. The Hall–Kier alpha value is -0.570. The summed E-state index contributed by atoms with van der Waals surface area (Å²) in [5.74, 6) is 1.03. The van der Waals surface area contributed by atoms with E-state index in [1.807, 2.05) is 13.8 Å². The number of amides is 1. The molecule has 1 rings (SSSR count). The first kappa shape index (κ1) is 13.5. The lowest BCUT2D eigenvalue weighted by Gasteiger charge is -2.15. The van der Waals surface area contributed by atoms with Crippen LogP contribution in [0.15, 0.2) is 0 Å². The van der Waals surface area contributed by atoms with Gasteiger partial charge in [-0.15, -0.1) is 0 Å². The number of aliphatic hydroxyl groups is 1. The average molecular weight is 227 g/mol. The van der Waals surface area contributed by atoms with Crippen LogP contribution in [0.5, 0.6) is 0 Å². The van der Waals surface area contributed by atoms with Crippen molar-refractivity contribution in [2.24, 2.45) is 11.8 Å². The van der Waals surface area contributed by atoms with Crippen LogP contribution in [0.2, 0.25) is 0 Å². The topological polar surface area (TPSA) is 49.3 Å². The second kappa shape index (κ2) is 6.89. The van der Waals surface area contributed by atoms with Crippen molar-refractivity contribution < 1.29 is 9.90 Å². The molecule has 0 saturated heterocycles. The summed E-state index contributed by atoms with van der Waals surface area (Å²) in [7, 11) is 0. The molecule has 1 amide bonds. The summed E-state index contributed by atoms with van der Waals surface area (Å²) in [5.41, 5.74) is 0. The lowest BCUT2D eigenvalue weighted by molar-refractivity contribution is -0.122. The quantitative estimate of drug-likeness (QED) is 0.730. The number of hydrogen-bond donors (Lipinski definition) is 2. The van der Waals surface area contributed by atoms with E-state index in [-0.39, 0.29) is 17.9 Å². The normalized spacial score (nSPS) is 19.0. The Morgan fingerprint density at radius 2 is 2.00 bits per heavy atom. The fourth-order valence-electron chi connectivity index (χ4n) is 2.24. The minimum atomic E-state index is -0.299. The predicted molar refractivity (Wildman–Crippen MR) is 65.0 cm³/mol. The average Bonchev–Trinajstić information content (AvgIpc) is 2.70. The molecular weight excluding hydrogens is 202 g/mol. The molecule has 16 heavy (non-hydrogen) atoms. The maximum atomic E-state index is 11.6. The Labute approximate surface area is 98.6 Å². The van der Waals surface area contributed by atoms with Crippen molar-refractivity contribution in [3.05, 3.63) is 0 Å². The maximum absolute atomic E-state index is 11.6. The molecule has 0 aromatic heterocycles. The fourth-order valence-corrected chi connectivity index (χ4v) is 2.24. The summed E-state index contributed by atoms with van der Waals surface area (Å²) in [6.45, 7) is 4.58. The lowest BCUT2D eigenvalue weighted by atomic mass is 10.0. The molecule has 94 valence electrons. The number of hydrogen-bond acceptors (Lipinski definition) is 2. The van der Waals surface area contributed by atoms with E-state index in [0.717, 1.165) is 0 Å². The Bertz CT molecular complexity index is 210. The molecule has 0 aromatic rings. The predicted octanol–water partition coefficient (Wildman–Crippen LogP) is 2.09. The zero-order valence-electron chi connectivity index (χ0n) is 10.5. The van der Waals surface area contributed by atoms with Gasteiger partial charge in [0.15, 0.2) is 0 Å². The summed E-state index contributed by atoms with van der Waals surface area (Å²) in [6.07, 6.45) is 6.02. The smallest absolute Gasteiger partial charge is 0.220 e. The van der Waals surface area contributed by atoms with E-state index in [4.69, 9.17) is 0 Å². The van der Waals surface area contributed by atoms with Gasteiger partial charge in [-0.05, 0) is 31.1 Å². The van der Waals surface area contributed by atoms with Crippen molar-refractivity contribution in [1.29, 1.82) is 0 Å². The molecule has 0 spiro atoms. The summed E-state index contributed by atoms with van der Waals surface area (Å²) >= 11 is 0. The van der Waals surface area contributed by atoms with E-state index < -0.39 is 0 Å². The molecule has 0 radical (unpaired) electrons. The molecule has 1 aliphatic carbocycles. The van der Waals surface area contributed by atoms with Crippen molar-refractivity contribution in [3.63, 3.8) is 0 Å². The molecule has 1 aliphatic rings. The van der Waals surface area contributed by atoms with Crippen LogP contribution in [0.1, 0.15) is 52.4 Å². The number of rotatable bonds is 6. The number of aliphatic hydroxyl groups excluding tert-OH is 1. The molecule has 0 aliphatic heterocycles. The van der Waals surface area contributed by atoms with E-state index in [0.29, 0.717) is 25.3 Å². The molecule has 0 bridgehead atoms. The van der Waals surface area contributed by atoms with Gasteiger partial charge in [0.05, 0.1) is 6.10 Å². The first-order valence-electron chi connectivity index (χ1n) is 6.54. The Morgan fingerprint density at radius 3 is 2.56 bits per heavy atom. The van der Waals surface area contributed by atoms with Gasteiger partial charge in [-0.1, -0.05) is 26.7 Å². The molecule has 1 saturated carbocycles. The van der Waals surface area contributed by atoms with Crippen molar-refractivity contribution >= 4 is 5.91 Å². The molecule has 0 heterocycles. The Morgan fingerprint density at radius 1 is 1.38 bits per heavy atom. The molecule has 1 atom stereocenters. The van der Waals surface area contributed by atoms with Gasteiger partial charge >= 0.3 is 0 Å². The second-order valence-corrected chi connectivity index (χ2v) is 5.30. The Kier molecular flexibility index (Phi) is 5.81. The molecule has 1 unspecified atom stereocenters. The van der Waals surface area contributed by atoms with E-state index in [1.54, 1.807) is 0 Å². The fraction of sp³-hybridized carbons (Fsp3) is 0.923. The highest BCUT2D eigenvalue weighted by atomic mass is 16.3. The lowest BCUT2D eigenvalue weighted by Crippen LogP contribution is -2.29.